The topological polar surface area (TPSA) is 76.0 Å². The van der Waals surface area contributed by atoms with Gasteiger partial charge in [0.2, 0.25) is 17.8 Å². The summed E-state index contributed by atoms with van der Waals surface area (Å²) in [5, 5.41) is 7.24. The van der Waals surface area contributed by atoms with Crippen molar-refractivity contribution in [3.63, 3.8) is 0 Å². The molecule has 1 saturated heterocycles. The maximum atomic E-state index is 13.1. The third-order valence-electron chi connectivity index (χ3n) is 4.80. The maximum absolute atomic E-state index is 13.1. The number of nitrogens with zero attached hydrogens (tertiary/aromatic N) is 2. The fourth-order valence-corrected chi connectivity index (χ4v) is 4.21. The number of ketones is 1. The molecule has 6 nitrogen and oxygen atoms in total. The van der Waals surface area contributed by atoms with Crippen LogP contribution in [0, 0.1) is 5.92 Å². The fourth-order valence-electron chi connectivity index (χ4n) is 3.54. The Morgan fingerprint density at radius 2 is 1.81 bits per heavy atom. The molecule has 0 spiro atoms. The third kappa shape index (κ3) is 2.25. The van der Waals surface area contributed by atoms with Crippen molar-refractivity contribution in [2.75, 3.05) is 4.90 Å². The smallest absolute Gasteiger partial charge is 0.278 e. The van der Waals surface area contributed by atoms with Crippen molar-refractivity contribution in [1.29, 1.82) is 0 Å². The Morgan fingerprint density at radius 1 is 1.00 bits per heavy atom. The lowest BCUT2D eigenvalue weighted by molar-refractivity contribution is -0.126. The van der Waals surface area contributed by atoms with Crippen LogP contribution in [0.25, 0.3) is 10.8 Å². The third-order valence-corrected chi connectivity index (χ3v) is 5.67. The van der Waals surface area contributed by atoms with Gasteiger partial charge in [-0.3, -0.25) is 14.4 Å². The highest BCUT2D eigenvalue weighted by atomic mass is 32.1. The molecule has 27 heavy (non-hydrogen) atoms. The van der Waals surface area contributed by atoms with Gasteiger partial charge < -0.3 is 4.84 Å². The van der Waals surface area contributed by atoms with E-state index in [4.69, 9.17) is 4.84 Å². The zero-order chi connectivity index (χ0) is 18.5. The van der Waals surface area contributed by atoms with Crippen molar-refractivity contribution in [1.82, 2.24) is 0 Å². The summed E-state index contributed by atoms with van der Waals surface area (Å²) in [5.41, 5.74) is 0.479. The largest absolute Gasteiger partial charge is 0.381 e. The maximum Gasteiger partial charge on any atom is 0.278 e. The van der Waals surface area contributed by atoms with Crippen molar-refractivity contribution in [3.05, 3.63) is 64.9 Å². The molecule has 2 amide bonds. The molecule has 3 heterocycles. The summed E-state index contributed by atoms with van der Waals surface area (Å²) < 4.78 is 0. The average molecular weight is 376 g/mol. The lowest BCUT2D eigenvalue weighted by atomic mass is 9.96. The lowest BCUT2D eigenvalue weighted by Crippen LogP contribution is -2.34. The van der Waals surface area contributed by atoms with Gasteiger partial charge in [-0.15, -0.1) is 11.3 Å². The second kappa shape index (κ2) is 5.85. The minimum Gasteiger partial charge on any atom is -0.381 e. The van der Waals surface area contributed by atoms with Crippen molar-refractivity contribution in [2.45, 2.75) is 6.10 Å². The minimum absolute atomic E-state index is 0.0106. The molecule has 2 aromatic carbocycles. The predicted octanol–water partition coefficient (Wildman–Crippen LogP) is 3.03. The molecule has 2 aliphatic rings. The van der Waals surface area contributed by atoms with Gasteiger partial charge in [0.1, 0.15) is 11.6 Å². The first-order valence-electron chi connectivity index (χ1n) is 8.34. The minimum atomic E-state index is -1.09. The van der Waals surface area contributed by atoms with E-state index in [-0.39, 0.29) is 11.5 Å². The first-order valence-corrected chi connectivity index (χ1v) is 9.22. The predicted molar refractivity (Wildman–Crippen MR) is 101 cm³/mol. The van der Waals surface area contributed by atoms with Gasteiger partial charge in [0.05, 0.1) is 10.6 Å². The monoisotopic (exact) mass is 376 g/mol. The molecular weight excluding hydrogens is 364 g/mol. The van der Waals surface area contributed by atoms with Crippen LogP contribution in [-0.2, 0) is 14.4 Å². The van der Waals surface area contributed by atoms with Gasteiger partial charge in [0.15, 0.2) is 0 Å². The zero-order valence-electron chi connectivity index (χ0n) is 13.9. The van der Waals surface area contributed by atoms with Gasteiger partial charge >= 0.3 is 0 Å². The van der Waals surface area contributed by atoms with Gasteiger partial charge in [0, 0.05) is 5.39 Å². The van der Waals surface area contributed by atoms with Crippen LogP contribution in [0.3, 0.4) is 0 Å². The molecule has 5 rings (SSSR count). The number of carbonyl (C=O) groups excluding carboxylic acids is 3. The molecule has 2 atom stereocenters. The van der Waals surface area contributed by atoms with E-state index < -0.39 is 23.8 Å². The average Bonchev–Trinajstić information content (AvgIpc) is 3.41. The highest BCUT2D eigenvalue weighted by molar-refractivity contribution is 7.13. The second-order valence-electron chi connectivity index (χ2n) is 6.30. The SMILES string of the molecule is O=C(C1=NO[C@@H]2C(=O)N(c3cccc4ccccc34)C(=O)[C@@H]12)c1cccs1. The molecule has 0 unspecified atom stereocenters. The van der Waals surface area contributed by atoms with E-state index in [1.54, 1.807) is 29.6 Å². The molecule has 1 fully saturated rings. The number of anilines is 1. The summed E-state index contributed by atoms with van der Waals surface area (Å²) in [6, 6.07) is 16.3. The van der Waals surface area contributed by atoms with Crippen molar-refractivity contribution in [2.24, 2.45) is 11.1 Å². The van der Waals surface area contributed by atoms with Crippen LogP contribution in [0.15, 0.2) is 65.1 Å². The van der Waals surface area contributed by atoms with Crippen LogP contribution >= 0.6 is 11.3 Å². The van der Waals surface area contributed by atoms with Crippen molar-refractivity contribution >= 4 is 51.1 Å². The van der Waals surface area contributed by atoms with Crippen LogP contribution in [0.1, 0.15) is 9.67 Å². The quantitative estimate of drug-likeness (QED) is 0.520. The molecule has 0 radical (unpaired) electrons. The van der Waals surface area contributed by atoms with Crippen LogP contribution in [-0.4, -0.2) is 29.4 Å². The number of oxime groups is 1. The highest BCUT2D eigenvalue weighted by Crippen LogP contribution is 2.37. The molecule has 2 aliphatic heterocycles. The molecule has 0 saturated carbocycles. The zero-order valence-corrected chi connectivity index (χ0v) is 14.7. The molecule has 0 aliphatic carbocycles. The fraction of sp³-hybridized carbons (Fsp3) is 0.100. The van der Waals surface area contributed by atoms with Gasteiger partial charge in [-0.25, -0.2) is 4.90 Å². The van der Waals surface area contributed by atoms with Crippen molar-refractivity contribution < 1.29 is 19.2 Å². The van der Waals surface area contributed by atoms with E-state index in [9.17, 15) is 14.4 Å². The molecule has 0 bridgehead atoms. The van der Waals surface area contributed by atoms with Gasteiger partial charge in [-0.2, -0.15) is 0 Å². The normalized spacial score (nSPS) is 21.3. The van der Waals surface area contributed by atoms with E-state index >= 15 is 0 Å². The Balaban J connectivity index is 1.56. The standard InChI is InChI=1S/C20H12N2O4S/c23-17(14-9-4-10-27-14)16-15-18(26-21-16)20(25)22(19(15)24)13-8-3-6-11-5-1-2-7-12(11)13/h1-10,15,18H/t15-,18-/m0/s1. The summed E-state index contributed by atoms with van der Waals surface area (Å²) >= 11 is 1.26. The number of amides is 2. The van der Waals surface area contributed by atoms with Gasteiger partial charge in [-0.1, -0.05) is 47.6 Å². The van der Waals surface area contributed by atoms with Crippen LogP contribution in [0.4, 0.5) is 5.69 Å². The molecule has 7 heteroatoms. The van der Waals surface area contributed by atoms with E-state index in [1.807, 2.05) is 30.3 Å². The molecule has 3 aromatic rings. The first-order chi connectivity index (χ1) is 13.2. The summed E-state index contributed by atoms with van der Waals surface area (Å²) in [4.78, 5) is 45.5. The number of rotatable bonds is 3. The van der Waals surface area contributed by atoms with E-state index in [0.29, 0.717) is 10.6 Å². The van der Waals surface area contributed by atoms with Crippen LogP contribution in [0.2, 0.25) is 0 Å². The highest BCUT2D eigenvalue weighted by Gasteiger charge is 2.57. The first kappa shape index (κ1) is 15.9. The molecule has 132 valence electrons. The Labute approximate surface area is 157 Å². The summed E-state index contributed by atoms with van der Waals surface area (Å²) in [6.45, 7) is 0. The molecule has 1 aromatic heterocycles. The van der Waals surface area contributed by atoms with E-state index in [0.717, 1.165) is 15.7 Å². The number of hydrogen-bond donors (Lipinski definition) is 0. The van der Waals surface area contributed by atoms with Gasteiger partial charge in [-0.05, 0) is 22.9 Å². The molecular formula is C20H12N2O4S. The van der Waals surface area contributed by atoms with Gasteiger partial charge in [0.25, 0.3) is 5.91 Å². The van der Waals surface area contributed by atoms with Crippen LogP contribution < -0.4 is 4.90 Å². The number of Topliss-reactive ketones (excluding diaryl/α,β-unsaturated/α-hetero) is 1. The Kier molecular flexibility index (Phi) is 3.45. The number of thiophene rings is 1. The summed E-state index contributed by atoms with van der Waals surface area (Å²) in [5.74, 6) is -2.37. The Bertz CT molecular complexity index is 1130. The lowest BCUT2D eigenvalue weighted by Gasteiger charge is -2.17. The van der Waals surface area contributed by atoms with E-state index in [2.05, 4.69) is 5.16 Å². The number of carbonyl (C=O) groups is 3. The molecule has 0 N–H and O–H groups in total. The number of benzene rings is 2. The number of fused-ring (bicyclic) bond motifs is 2. The second-order valence-corrected chi connectivity index (χ2v) is 7.24. The summed E-state index contributed by atoms with van der Waals surface area (Å²) in [6.07, 6.45) is -1.09. The van der Waals surface area contributed by atoms with Crippen LogP contribution in [0.5, 0.6) is 0 Å². The van der Waals surface area contributed by atoms with E-state index in [1.165, 1.54) is 11.3 Å². The number of imide groups is 1. The summed E-state index contributed by atoms with van der Waals surface area (Å²) in [7, 11) is 0. The number of hydrogen-bond acceptors (Lipinski definition) is 6. The Hall–Kier alpha value is -3.32. The van der Waals surface area contributed by atoms with Crippen molar-refractivity contribution in [3.8, 4) is 0 Å². The Morgan fingerprint density at radius 3 is 2.63 bits per heavy atom.